The van der Waals surface area contributed by atoms with Gasteiger partial charge in [0, 0.05) is 23.9 Å². The molecule has 0 fully saturated rings. The quantitative estimate of drug-likeness (QED) is 0.731. The smallest absolute Gasteiger partial charge is 0.119 e. The summed E-state index contributed by atoms with van der Waals surface area (Å²) in [6, 6.07) is 10.1. The van der Waals surface area contributed by atoms with Gasteiger partial charge in [0.25, 0.3) is 0 Å². The van der Waals surface area contributed by atoms with Crippen LogP contribution in [-0.4, -0.2) is 15.2 Å². The van der Waals surface area contributed by atoms with Crippen molar-refractivity contribution in [3.63, 3.8) is 0 Å². The van der Waals surface area contributed by atoms with Crippen molar-refractivity contribution in [1.29, 1.82) is 0 Å². The molecule has 0 aliphatic heterocycles. The molecule has 1 aromatic heterocycles. The zero-order chi connectivity index (χ0) is 10.7. The molecule has 1 heterocycles. The van der Waals surface area contributed by atoms with E-state index < -0.39 is 0 Å². The number of aromatic nitrogens is 1. The number of nitrogens with zero attached hydrogens (tertiary/aromatic N) is 1. The molecule has 0 unspecified atom stereocenters. The molecule has 3 heteroatoms. The highest BCUT2D eigenvalue weighted by Crippen LogP contribution is 2.23. The molecule has 0 atom stereocenters. The fourth-order valence-corrected chi connectivity index (χ4v) is 1.41. The van der Waals surface area contributed by atoms with E-state index in [2.05, 4.69) is 4.98 Å². The van der Waals surface area contributed by atoms with Crippen LogP contribution in [-0.2, 0) is 6.42 Å². The predicted molar refractivity (Wildman–Crippen MR) is 56.8 cm³/mol. The van der Waals surface area contributed by atoms with Gasteiger partial charge in [0.2, 0.25) is 0 Å². The number of aromatic hydroxyl groups is 2. The Morgan fingerprint density at radius 2 is 1.93 bits per heavy atom. The highest BCUT2D eigenvalue weighted by atomic mass is 16.3. The first-order valence-corrected chi connectivity index (χ1v) is 4.66. The summed E-state index contributed by atoms with van der Waals surface area (Å²) in [4.78, 5) is 4.15. The summed E-state index contributed by atoms with van der Waals surface area (Å²) in [5, 5.41) is 18.8. The van der Waals surface area contributed by atoms with Gasteiger partial charge >= 0.3 is 0 Å². The van der Waals surface area contributed by atoms with Crippen LogP contribution >= 0.6 is 0 Å². The molecule has 0 saturated heterocycles. The van der Waals surface area contributed by atoms with E-state index in [1.54, 1.807) is 12.3 Å². The lowest BCUT2D eigenvalue weighted by Gasteiger charge is -2.04. The van der Waals surface area contributed by atoms with E-state index in [-0.39, 0.29) is 11.5 Å². The summed E-state index contributed by atoms with van der Waals surface area (Å²) in [6.45, 7) is 0. The zero-order valence-electron chi connectivity index (χ0n) is 8.09. The molecule has 0 aliphatic rings. The van der Waals surface area contributed by atoms with Gasteiger partial charge in [-0.05, 0) is 30.3 Å². The molecule has 0 aliphatic carbocycles. The molecule has 0 amide bonds. The molecule has 15 heavy (non-hydrogen) atoms. The molecule has 2 rings (SSSR count). The van der Waals surface area contributed by atoms with Crippen molar-refractivity contribution in [3.8, 4) is 11.5 Å². The molecule has 0 spiro atoms. The third-order valence-electron chi connectivity index (χ3n) is 2.16. The largest absolute Gasteiger partial charge is 0.508 e. The highest BCUT2D eigenvalue weighted by Gasteiger charge is 2.03. The van der Waals surface area contributed by atoms with Gasteiger partial charge in [-0.2, -0.15) is 0 Å². The number of hydrogen-bond acceptors (Lipinski definition) is 3. The van der Waals surface area contributed by atoms with Crippen molar-refractivity contribution in [1.82, 2.24) is 4.98 Å². The predicted octanol–water partition coefficient (Wildman–Crippen LogP) is 2.08. The Labute approximate surface area is 87.7 Å². The summed E-state index contributed by atoms with van der Waals surface area (Å²) in [5.74, 6) is 0.331. The second-order valence-electron chi connectivity index (χ2n) is 3.31. The maximum Gasteiger partial charge on any atom is 0.119 e. The lowest BCUT2D eigenvalue weighted by atomic mass is 10.1. The summed E-state index contributed by atoms with van der Waals surface area (Å²) >= 11 is 0. The second kappa shape index (κ2) is 4.00. The number of hydrogen-bond donors (Lipinski definition) is 2. The fourth-order valence-electron chi connectivity index (χ4n) is 1.41. The van der Waals surface area contributed by atoms with Crippen LogP contribution in [0, 0.1) is 0 Å². The van der Waals surface area contributed by atoms with Crippen LogP contribution in [0.25, 0.3) is 0 Å². The van der Waals surface area contributed by atoms with Crippen molar-refractivity contribution < 1.29 is 10.2 Å². The first kappa shape index (κ1) is 9.52. The van der Waals surface area contributed by atoms with Crippen LogP contribution in [0.15, 0.2) is 42.6 Å². The van der Waals surface area contributed by atoms with Crippen molar-refractivity contribution >= 4 is 0 Å². The lowest BCUT2D eigenvalue weighted by molar-refractivity contribution is 0.455. The van der Waals surface area contributed by atoms with Crippen LogP contribution in [0.2, 0.25) is 0 Å². The Bertz CT molecular complexity index is 454. The van der Waals surface area contributed by atoms with Gasteiger partial charge in [-0.1, -0.05) is 6.07 Å². The molecule has 0 bridgehead atoms. The Morgan fingerprint density at radius 1 is 1.07 bits per heavy atom. The molecule has 76 valence electrons. The monoisotopic (exact) mass is 201 g/mol. The lowest BCUT2D eigenvalue weighted by Crippen LogP contribution is -1.91. The molecule has 1 aromatic carbocycles. The van der Waals surface area contributed by atoms with Crippen molar-refractivity contribution in [3.05, 3.63) is 53.9 Å². The minimum Gasteiger partial charge on any atom is -0.508 e. The normalized spacial score (nSPS) is 10.1. The highest BCUT2D eigenvalue weighted by molar-refractivity contribution is 5.40. The summed E-state index contributed by atoms with van der Waals surface area (Å²) in [6.07, 6.45) is 2.22. The summed E-state index contributed by atoms with van der Waals surface area (Å²) in [7, 11) is 0. The standard InChI is InChI=1S/C12H11NO2/c14-11-4-5-12(15)9(8-11)7-10-3-1-2-6-13-10/h1-6,8,14-15H,7H2. The van der Waals surface area contributed by atoms with E-state index >= 15 is 0 Å². The van der Waals surface area contributed by atoms with E-state index in [0.717, 1.165) is 5.69 Å². The number of rotatable bonds is 2. The molecule has 0 radical (unpaired) electrons. The number of benzene rings is 1. The average Bonchev–Trinajstić information content (AvgIpc) is 2.25. The first-order valence-electron chi connectivity index (χ1n) is 4.66. The van der Waals surface area contributed by atoms with Gasteiger partial charge in [-0.25, -0.2) is 0 Å². The minimum atomic E-state index is 0.152. The van der Waals surface area contributed by atoms with E-state index in [1.807, 2.05) is 18.2 Å². The Morgan fingerprint density at radius 3 is 2.67 bits per heavy atom. The van der Waals surface area contributed by atoms with E-state index in [0.29, 0.717) is 12.0 Å². The van der Waals surface area contributed by atoms with Crippen LogP contribution in [0.4, 0.5) is 0 Å². The van der Waals surface area contributed by atoms with Gasteiger partial charge in [0.05, 0.1) is 0 Å². The zero-order valence-corrected chi connectivity index (χ0v) is 8.09. The molecule has 2 aromatic rings. The number of phenols is 2. The van der Waals surface area contributed by atoms with Crippen LogP contribution in [0.3, 0.4) is 0 Å². The van der Waals surface area contributed by atoms with Crippen molar-refractivity contribution in [2.75, 3.05) is 0 Å². The average molecular weight is 201 g/mol. The van der Waals surface area contributed by atoms with Crippen LogP contribution in [0.5, 0.6) is 11.5 Å². The van der Waals surface area contributed by atoms with Crippen molar-refractivity contribution in [2.24, 2.45) is 0 Å². The maximum atomic E-state index is 9.56. The molecular weight excluding hydrogens is 190 g/mol. The number of phenolic OH excluding ortho intramolecular Hbond substituents is 2. The summed E-state index contributed by atoms with van der Waals surface area (Å²) in [5.41, 5.74) is 1.53. The van der Waals surface area contributed by atoms with Crippen LogP contribution in [0.1, 0.15) is 11.3 Å². The van der Waals surface area contributed by atoms with E-state index in [9.17, 15) is 10.2 Å². The molecule has 0 saturated carbocycles. The molecule has 3 nitrogen and oxygen atoms in total. The number of pyridine rings is 1. The third kappa shape index (κ3) is 2.26. The Kier molecular flexibility index (Phi) is 2.54. The van der Waals surface area contributed by atoms with Gasteiger partial charge in [0.15, 0.2) is 0 Å². The maximum absolute atomic E-state index is 9.56. The Balaban J connectivity index is 2.28. The summed E-state index contributed by atoms with van der Waals surface area (Å²) < 4.78 is 0. The fraction of sp³-hybridized carbons (Fsp3) is 0.0833. The molecule has 2 N–H and O–H groups in total. The van der Waals surface area contributed by atoms with Gasteiger partial charge in [0.1, 0.15) is 11.5 Å². The topological polar surface area (TPSA) is 53.4 Å². The first-order chi connectivity index (χ1) is 7.25. The second-order valence-corrected chi connectivity index (χ2v) is 3.31. The van der Waals surface area contributed by atoms with Crippen molar-refractivity contribution in [2.45, 2.75) is 6.42 Å². The van der Waals surface area contributed by atoms with E-state index in [1.165, 1.54) is 12.1 Å². The third-order valence-corrected chi connectivity index (χ3v) is 2.16. The SMILES string of the molecule is Oc1ccc(O)c(Cc2ccccn2)c1. The Hall–Kier alpha value is -2.03. The van der Waals surface area contributed by atoms with Crippen LogP contribution < -0.4 is 0 Å². The molecular formula is C12H11NO2. The van der Waals surface area contributed by atoms with E-state index in [4.69, 9.17) is 0 Å². The van der Waals surface area contributed by atoms with Gasteiger partial charge in [-0.15, -0.1) is 0 Å². The minimum absolute atomic E-state index is 0.152. The van der Waals surface area contributed by atoms with Gasteiger partial charge in [-0.3, -0.25) is 4.98 Å². The van der Waals surface area contributed by atoms with Gasteiger partial charge < -0.3 is 10.2 Å².